The summed E-state index contributed by atoms with van der Waals surface area (Å²) in [4.78, 5) is 12.5. The number of hydrogen-bond donors (Lipinski definition) is 0. The first-order valence-electron chi connectivity index (χ1n) is 50.0. The molecule has 23 aromatic carbocycles. The van der Waals surface area contributed by atoms with Gasteiger partial charge in [0.25, 0.3) is 0 Å². The Morgan fingerprint density at radius 2 is 0.530 bits per heavy atom. The van der Waals surface area contributed by atoms with Crippen LogP contribution in [-0.2, 0) is 0 Å². The van der Waals surface area contributed by atoms with Crippen molar-refractivity contribution in [3.63, 3.8) is 0 Å². The molecule has 0 saturated carbocycles. The lowest BCUT2D eigenvalue weighted by atomic mass is 9.92. The molecule has 12 heteroatoms. The topological polar surface area (TPSA) is 37.4 Å². The van der Waals surface area contributed by atoms with E-state index in [1.165, 1.54) is 139 Å². The summed E-state index contributed by atoms with van der Waals surface area (Å²) in [5.41, 5.74) is 28.9. The standard InChI is InChI=1S/C51H32ClN3S.C46H29ClN2S.C40H27ClN2/c52-37-27-36(28-41(31-37)54(38-16-6-2-7-17-38)39-18-8-3-9-19-39)34-22-24-46-45(29-34)50-47(30-35-15-10-11-20-42(35)49(50)33-13-4-1-5-14-33)55(46)40-23-25-48-44(32-40)43-21-12-26-53-51(43)56-48;47-34-23-33(24-38(28-34)48(35-13-3-1-4-14-35)36-15-5-2-6-16-36)32-19-22-43-41(26-32)42-25-30-11-7-8-12-31(30)27-44(42)49(43)37-20-21-40-39-17-9-10-18-45(39)50-46(40)29-37;41-32-22-31(23-36(27-32)42(33-14-4-1-5-15-33)34-16-6-2-7-17-34)30-20-21-39-37(25-30)38-24-28-12-10-11-13-29(28)26-40(38)43(39)35-18-8-3-9-19-35/h1-32H;1-29H;1-27H. The fraction of sp³-hybridized carbons (Fsp3) is 0. The Balaban J connectivity index is 0.000000111. The van der Waals surface area contributed by atoms with Crippen molar-refractivity contribution in [2.45, 2.75) is 0 Å². The van der Waals surface area contributed by atoms with E-state index >= 15 is 0 Å². The maximum absolute atomic E-state index is 7.03. The van der Waals surface area contributed by atoms with Gasteiger partial charge < -0.3 is 28.4 Å². The number of rotatable bonds is 16. The first kappa shape index (κ1) is 89.9. The Hall–Kier alpha value is -17.9. The van der Waals surface area contributed by atoms with Gasteiger partial charge in [0, 0.05) is 157 Å². The molecular weight excluding hydrogens is 1910 g/mol. The van der Waals surface area contributed by atoms with Crippen molar-refractivity contribution in [1.29, 1.82) is 0 Å². The molecule has 6 heterocycles. The van der Waals surface area contributed by atoms with Gasteiger partial charge in [-0.2, -0.15) is 0 Å². The van der Waals surface area contributed by atoms with Gasteiger partial charge in [0.15, 0.2) is 0 Å². The average Bonchev–Trinajstić information content (AvgIpc) is 1.53. The molecule has 0 bridgehead atoms. The molecule has 0 aliphatic rings. The van der Waals surface area contributed by atoms with E-state index in [1.807, 2.05) is 72.1 Å². The van der Waals surface area contributed by atoms with Crippen molar-refractivity contribution in [1.82, 2.24) is 18.7 Å². The van der Waals surface area contributed by atoms with Gasteiger partial charge in [0.05, 0.1) is 33.1 Å². The van der Waals surface area contributed by atoms with E-state index in [2.05, 4.69) is 507 Å². The summed E-state index contributed by atoms with van der Waals surface area (Å²) in [5, 5.41) is 21.8. The van der Waals surface area contributed by atoms with E-state index in [-0.39, 0.29) is 0 Å². The molecule has 0 atom stereocenters. The second-order valence-corrected chi connectivity index (χ2v) is 41.2. The highest BCUT2D eigenvalue weighted by atomic mass is 35.5. The number of aromatic nitrogens is 4. The molecule has 0 aliphatic heterocycles. The highest BCUT2D eigenvalue weighted by Gasteiger charge is 2.27. The van der Waals surface area contributed by atoms with Crippen LogP contribution in [-0.4, -0.2) is 18.7 Å². The van der Waals surface area contributed by atoms with E-state index in [9.17, 15) is 0 Å². The Labute approximate surface area is 883 Å². The molecule has 29 rings (SSSR count). The molecule has 0 radical (unpaired) electrons. The zero-order chi connectivity index (χ0) is 99.1. The number of benzene rings is 23. The summed E-state index contributed by atoms with van der Waals surface area (Å²) in [7, 11) is 0. The quantitative estimate of drug-likeness (QED) is 0.0966. The third-order valence-electron chi connectivity index (χ3n) is 28.7. The smallest absolute Gasteiger partial charge is 0.124 e. The fourth-order valence-corrected chi connectivity index (χ4v) is 25.0. The number of halogens is 3. The van der Waals surface area contributed by atoms with Crippen LogP contribution >= 0.6 is 57.5 Å². The van der Waals surface area contributed by atoms with Crippen LogP contribution in [0.1, 0.15) is 0 Å². The van der Waals surface area contributed by atoms with Crippen LogP contribution in [0.25, 0.3) is 200 Å². The molecule has 149 heavy (non-hydrogen) atoms. The zero-order valence-electron chi connectivity index (χ0n) is 80.4. The maximum Gasteiger partial charge on any atom is 0.124 e. The number of pyridine rings is 1. The van der Waals surface area contributed by atoms with Crippen molar-refractivity contribution in [2.75, 3.05) is 14.7 Å². The number of nitrogens with zero attached hydrogens (tertiary/aromatic N) is 7. The molecule has 0 unspecified atom stereocenters. The van der Waals surface area contributed by atoms with Gasteiger partial charge in [0.2, 0.25) is 0 Å². The van der Waals surface area contributed by atoms with Crippen molar-refractivity contribution < 1.29 is 0 Å². The summed E-state index contributed by atoms with van der Waals surface area (Å²) >= 11 is 24.4. The molecule has 0 fully saturated rings. The molecule has 0 N–H and O–H groups in total. The third-order valence-corrected chi connectivity index (χ3v) is 31.6. The molecule has 7 nitrogen and oxygen atoms in total. The minimum atomic E-state index is 0.679. The number of hydrogen-bond acceptors (Lipinski definition) is 6. The second kappa shape index (κ2) is 38.2. The van der Waals surface area contributed by atoms with E-state index in [0.717, 1.165) is 112 Å². The highest BCUT2D eigenvalue weighted by Crippen LogP contribution is 2.51. The SMILES string of the molecule is Clc1cc(-c2ccc3c(c2)c2c(-c4ccccc4)c4ccccc4cc2n3-c2ccc3sc4ncccc4c3c2)cc(N(c2ccccc2)c2ccccc2)c1.Clc1cc(-c2ccc3c(c2)c2cc4ccccc4cc2n3-c2ccc3c(c2)sc2ccccc23)cc(N(c2ccccc2)c2ccccc2)c1.Clc1cc(-c2ccc3c(c2)c2cc4ccccc4cc2n3-c2ccccc2)cc(N(c2ccccc2)c2ccccc2)c1. The van der Waals surface area contributed by atoms with Crippen molar-refractivity contribution in [3.8, 4) is 61.6 Å². The predicted octanol–water partition coefficient (Wildman–Crippen LogP) is 41.0. The van der Waals surface area contributed by atoms with Crippen LogP contribution < -0.4 is 14.7 Å². The lowest BCUT2D eigenvalue weighted by molar-refractivity contribution is 1.18. The van der Waals surface area contributed by atoms with Gasteiger partial charge in [-0.05, 0) is 332 Å². The Morgan fingerprint density at radius 3 is 1.01 bits per heavy atom. The van der Waals surface area contributed by atoms with Crippen LogP contribution in [0.4, 0.5) is 51.2 Å². The molecule has 6 aromatic heterocycles. The van der Waals surface area contributed by atoms with Gasteiger partial charge in [-0.1, -0.05) is 308 Å². The van der Waals surface area contributed by atoms with E-state index < -0.39 is 0 Å². The monoisotopic (exact) mass is 2000 g/mol. The first-order chi connectivity index (χ1) is 73.6. The number of thiophene rings is 2. The van der Waals surface area contributed by atoms with Crippen LogP contribution in [0.15, 0.2) is 534 Å². The zero-order valence-corrected chi connectivity index (χ0v) is 84.3. The molecule has 0 saturated heterocycles. The van der Waals surface area contributed by atoms with Crippen LogP contribution in [0.3, 0.4) is 0 Å². The normalized spacial score (nSPS) is 11.6. The lowest BCUT2D eigenvalue weighted by Crippen LogP contribution is -2.09. The highest BCUT2D eigenvalue weighted by molar-refractivity contribution is 7.26. The first-order valence-corrected chi connectivity index (χ1v) is 52.7. The molecule has 704 valence electrons. The van der Waals surface area contributed by atoms with Crippen LogP contribution in [0.5, 0.6) is 0 Å². The Bertz CT molecular complexity index is 10100. The second-order valence-electron chi connectivity index (χ2n) is 37.7. The Kier molecular flexibility index (Phi) is 23.1. The molecule has 0 amide bonds. The van der Waals surface area contributed by atoms with Gasteiger partial charge in [-0.25, -0.2) is 4.98 Å². The average molecular weight is 2000 g/mol. The van der Waals surface area contributed by atoms with E-state index in [1.54, 1.807) is 11.3 Å². The summed E-state index contributed by atoms with van der Waals surface area (Å²) in [5.74, 6) is 0. The number of fused-ring (bicyclic) bond motifs is 18. The van der Waals surface area contributed by atoms with Crippen molar-refractivity contribution in [2.24, 2.45) is 0 Å². The van der Waals surface area contributed by atoms with Gasteiger partial charge in [0.1, 0.15) is 4.83 Å². The number of para-hydroxylation sites is 7. The number of anilines is 9. The summed E-state index contributed by atoms with van der Waals surface area (Å²) in [6.45, 7) is 0. The lowest BCUT2D eigenvalue weighted by Gasteiger charge is -2.26. The van der Waals surface area contributed by atoms with Gasteiger partial charge >= 0.3 is 0 Å². The van der Waals surface area contributed by atoms with Gasteiger partial charge in [-0.15, -0.1) is 22.7 Å². The molecular formula is C137H88Cl3N7S2. The van der Waals surface area contributed by atoms with E-state index in [0.29, 0.717) is 15.1 Å². The summed E-state index contributed by atoms with van der Waals surface area (Å²) in [6.07, 6.45) is 1.88. The molecule has 0 aliphatic carbocycles. The van der Waals surface area contributed by atoms with Crippen molar-refractivity contribution >= 4 is 247 Å². The summed E-state index contributed by atoms with van der Waals surface area (Å²) < 4.78 is 11.1. The third kappa shape index (κ3) is 16.6. The largest absolute Gasteiger partial charge is 0.310 e. The molecule has 29 aromatic rings. The van der Waals surface area contributed by atoms with Crippen LogP contribution in [0.2, 0.25) is 15.1 Å². The van der Waals surface area contributed by atoms with Gasteiger partial charge in [-0.3, -0.25) is 0 Å². The van der Waals surface area contributed by atoms with Crippen molar-refractivity contribution in [3.05, 3.63) is 549 Å². The maximum atomic E-state index is 7.03. The molecule has 0 spiro atoms. The predicted molar refractivity (Wildman–Crippen MR) is 639 cm³/mol. The minimum absolute atomic E-state index is 0.679. The fourth-order valence-electron chi connectivity index (χ4n) is 22.1. The minimum Gasteiger partial charge on any atom is -0.310 e. The summed E-state index contributed by atoms with van der Waals surface area (Å²) in [6, 6.07) is 188. The van der Waals surface area contributed by atoms with Crippen LogP contribution in [0, 0.1) is 0 Å². The van der Waals surface area contributed by atoms with E-state index in [4.69, 9.17) is 34.8 Å². The Morgan fingerprint density at radius 1 is 0.181 bits per heavy atom.